The van der Waals surface area contributed by atoms with Gasteiger partial charge in [0.1, 0.15) is 11.5 Å². The van der Waals surface area contributed by atoms with E-state index in [0.717, 1.165) is 17.0 Å². The van der Waals surface area contributed by atoms with Gasteiger partial charge in [0.2, 0.25) is 5.91 Å². The van der Waals surface area contributed by atoms with Crippen LogP contribution in [-0.4, -0.2) is 36.3 Å². The fraction of sp³-hybridized carbons (Fsp3) is 0.238. The van der Waals surface area contributed by atoms with Crippen LogP contribution in [0.4, 0.5) is 11.4 Å². The lowest BCUT2D eigenvalue weighted by atomic mass is 10.1. The molecule has 9 nitrogen and oxygen atoms in total. The average molecular weight is 445 g/mol. The molecule has 1 aromatic heterocycles. The van der Waals surface area contributed by atoms with Gasteiger partial charge in [-0.2, -0.15) is 5.10 Å². The van der Waals surface area contributed by atoms with Crippen LogP contribution in [0.5, 0.6) is 11.5 Å². The van der Waals surface area contributed by atoms with Crippen molar-refractivity contribution in [3.8, 4) is 11.5 Å². The SMILES string of the molecule is COc1ccccc1NS(=O)(=O)c1ccc(O)c(NC(=O)Cc2c(C)nn(C)c2C)c1. The van der Waals surface area contributed by atoms with Crippen LogP contribution < -0.4 is 14.8 Å². The molecule has 0 aliphatic carbocycles. The quantitative estimate of drug-likeness (QED) is 0.482. The average Bonchev–Trinajstić information content (AvgIpc) is 2.95. The van der Waals surface area contributed by atoms with Crippen LogP contribution >= 0.6 is 0 Å². The van der Waals surface area contributed by atoms with Gasteiger partial charge in [-0.15, -0.1) is 0 Å². The summed E-state index contributed by atoms with van der Waals surface area (Å²) in [4.78, 5) is 12.4. The largest absolute Gasteiger partial charge is 0.506 e. The minimum atomic E-state index is -4.00. The summed E-state index contributed by atoms with van der Waals surface area (Å²) in [6, 6.07) is 10.3. The number of rotatable bonds is 7. The molecule has 0 atom stereocenters. The van der Waals surface area contributed by atoms with E-state index in [-0.39, 0.29) is 28.4 Å². The number of carbonyl (C=O) groups excluding carboxylic acids is 1. The summed E-state index contributed by atoms with van der Waals surface area (Å²) in [6.45, 7) is 3.67. The number of sulfonamides is 1. The maximum atomic E-state index is 12.8. The lowest BCUT2D eigenvalue weighted by Gasteiger charge is -2.13. The fourth-order valence-electron chi connectivity index (χ4n) is 3.14. The number of phenols is 1. The highest BCUT2D eigenvalue weighted by molar-refractivity contribution is 7.92. The van der Waals surface area contributed by atoms with Gasteiger partial charge in [-0.25, -0.2) is 8.42 Å². The van der Waals surface area contributed by atoms with Crippen LogP contribution in [0.2, 0.25) is 0 Å². The van der Waals surface area contributed by atoms with Crippen LogP contribution in [0.3, 0.4) is 0 Å². The van der Waals surface area contributed by atoms with Crippen molar-refractivity contribution < 1.29 is 23.1 Å². The summed E-state index contributed by atoms with van der Waals surface area (Å²) < 4.78 is 35.0. The molecule has 0 spiro atoms. The Labute approximate surface area is 180 Å². The molecule has 10 heteroatoms. The van der Waals surface area contributed by atoms with Crippen molar-refractivity contribution in [1.82, 2.24) is 9.78 Å². The molecule has 1 heterocycles. The number of aromatic nitrogens is 2. The summed E-state index contributed by atoms with van der Waals surface area (Å²) in [5.74, 6) is -0.286. The van der Waals surface area contributed by atoms with E-state index in [1.165, 1.54) is 25.3 Å². The number of aromatic hydroxyl groups is 1. The number of nitrogens with one attached hydrogen (secondary N) is 2. The second-order valence-corrected chi connectivity index (χ2v) is 8.67. The Morgan fingerprint density at radius 2 is 1.87 bits per heavy atom. The van der Waals surface area contributed by atoms with E-state index in [9.17, 15) is 18.3 Å². The lowest BCUT2D eigenvalue weighted by Crippen LogP contribution is -2.17. The van der Waals surface area contributed by atoms with Crippen molar-refractivity contribution >= 4 is 27.3 Å². The van der Waals surface area contributed by atoms with Gasteiger partial charge < -0.3 is 15.2 Å². The smallest absolute Gasteiger partial charge is 0.262 e. The number of hydrogen-bond donors (Lipinski definition) is 3. The van der Waals surface area contributed by atoms with Gasteiger partial charge >= 0.3 is 0 Å². The third-order valence-corrected chi connectivity index (χ3v) is 6.26. The predicted molar refractivity (Wildman–Crippen MR) is 117 cm³/mol. The molecule has 0 fully saturated rings. The van der Waals surface area contributed by atoms with Gasteiger partial charge in [0.25, 0.3) is 10.0 Å². The Kier molecular flexibility index (Phi) is 6.21. The molecular formula is C21H24N4O5S. The van der Waals surface area contributed by atoms with Gasteiger partial charge in [0, 0.05) is 18.3 Å². The van der Waals surface area contributed by atoms with Crippen molar-refractivity contribution in [3.05, 3.63) is 59.4 Å². The van der Waals surface area contributed by atoms with Crippen molar-refractivity contribution in [1.29, 1.82) is 0 Å². The Bertz CT molecular complexity index is 1230. The monoisotopic (exact) mass is 444 g/mol. The number of hydrogen-bond acceptors (Lipinski definition) is 6. The van der Waals surface area contributed by atoms with Gasteiger partial charge in [-0.3, -0.25) is 14.2 Å². The molecule has 0 aliphatic heterocycles. The highest BCUT2D eigenvalue weighted by Crippen LogP contribution is 2.30. The number of benzene rings is 2. The maximum absolute atomic E-state index is 12.8. The number of nitrogens with zero attached hydrogens (tertiary/aromatic N) is 2. The van der Waals surface area contributed by atoms with Gasteiger partial charge in [0.05, 0.1) is 35.5 Å². The van der Waals surface area contributed by atoms with Crippen molar-refractivity contribution in [2.24, 2.45) is 7.05 Å². The Hall–Kier alpha value is -3.53. The first-order chi connectivity index (χ1) is 14.6. The zero-order valence-corrected chi connectivity index (χ0v) is 18.4. The predicted octanol–water partition coefficient (Wildman–Crippen LogP) is 2.73. The van der Waals surface area contributed by atoms with Crippen molar-refractivity contribution in [2.75, 3.05) is 17.1 Å². The molecule has 0 saturated heterocycles. The summed E-state index contributed by atoms with van der Waals surface area (Å²) in [5.41, 5.74) is 2.63. The van der Waals surface area contributed by atoms with E-state index in [1.54, 1.807) is 36.0 Å². The topological polar surface area (TPSA) is 123 Å². The third-order valence-electron chi connectivity index (χ3n) is 4.90. The molecule has 3 aromatic rings. The number of methoxy groups -OCH3 is 1. The molecule has 0 unspecified atom stereocenters. The summed E-state index contributed by atoms with van der Waals surface area (Å²) in [7, 11) is -0.768. The fourth-order valence-corrected chi connectivity index (χ4v) is 4.24. The second kappa shape index (κ2) is 8.68. The molecule has 0 aliphatic rings. The number of carbonyl (C=O) groups is 1. The Morgan fingerprint density at radius 3 is 2.52 bits per heavy atom. The minimum Gasteiger partial charge on any atom is -0.506 e. The van der Waals surface area contributed by atoms with Crippen LogP contribution in [0, 0.1) is 13.8 Å². The molecule has 3 N–H and O–H groups in total. The molecular weight excluding hydrogens is 420 g/mol. The standard InChI is InChI=1S/C21H24N4O5S/c1-13-16(14(2)25(3)23-13)12-21(27)22-18-11-15(9-10-19(18)26)31(28,29)24-17-7-5-6-8-20(17)30-4/h5-11,24,26H,12H2,1-4H3,(H,22,27). The normalized spacial score (nSPS) is 11.2. The molecule has 3 rings (SSSR count). The van der Waals surface area contributed by atoms with Crippen LogP contribution in [-0.2, 0) is 28.3 Å². The molecule has 164 valence electrons. The van der Waals surface area contributed by atoms with Crippen molar-refractivity contribution in [2.45, 2.75) is 25.2 Å². The van der Waals surface area contributed by atoms with Crippen LogP contribution in [0.25, 0.3) is 0 Å². The van der Waals surface area contributed by atoms with E-state index in [0.29, 0.717) is 5.75 Å². The number of anilines is 2. The molecule has 0 radical (unpaired) electrons. The molecule has 2 aromatic carbocycles. The zero-order chi connectivity index (χ0) is 22.8. The van der Waals surface area contributed by atoms with Gasteiger partial charge in [0.15, 0.2) is 0 Å². The third kappa shape index (κ3) is 4.80. The van der Waals surface area contributed by atoms with E-state index in [2.05, 4.69) is 15.1 Å². The highest BCUT2D eigenvalue weighted by Gasteiger charge is 2.20. The first-order valence-electron chi connectivity index (χ1n) is 9.40. The van der Waals surface area contributed by atoms with Crippen molar-refractivity contribution in [3.63, 3.8) is 0 Å². The molecule has 0 saturated carbocycles. The van der Waals surface area contributed by atoms with Crippen LogP contribution in [0.1, 0.15) is 17.0 Å². The second-order valence-electron chi connectivity index (χ2n) is 6.98. The maximum Gasteiger partial charge on any atom is 0.262 e. The van der Waals surface area contributed by atoms with E-state index in [4.69, 9.17) is 4.74 Å². The Balaban J connectivity index is 1.83. The van der Waals surface area contributed by atoms with E-state index < -0.39 is 15.9 Å². The number of aryl methyl sites for hydroxylation is 2. The number of phenolic OH excluding ortho intramolecular Hbond substituents is 1. The zero-order valence-electron chi connectivity index (χ0n) is 17.6. The Morgan fingerprint density at radius 1 is 1.16 bits per heavy atom. The summed E-state index contributed by atoms with van der Waals surface area (Å²) >= 11 is 0. The number of para-hydroxylation sites is 2. The molecule has 31 heavy (non-hydrogen) atoms. The minimum absolute atomic E-state index is 0.00732. The lowest BCUT2D eigenvalue weighted by molar-refractivity contribution is -0.115. The summed E-state index contributed by atoms with van der Waals surface area (Å²) in [5, 5.41) is 17.0. The molecule has 1 amide bonds. The first-order valence-corrected chi connectivity index (χ1v) is 10.9. The number of amides is 1. The molecule has 0 bridgehead atoms. The summed E-state index contributed by atoms with van der Waals surface area (Å²) in [6.07, 6.45) is 0.0430. The van der Waals surface area contributed by atoms with Crippen LogP contribution in [0.15, 0.2) is 47.4 Å². The first kappa shape index (κ1) is 22.2. The van der Waals surface area contributed by atoms with E-state index in [1.807, 2.05) is 13.8 Å². The highest BCUT2D eigenvalue weighted by atomic mass is 32.2. The van der Waals surface area contributed by atoms with Gasteiger partial charge in [-0.05, 0) is 44.2 Å². The number of ether oxygens (including phenoxy) is 1. The van der Waals surface area contributed by atoms with Gasteiger partial charge in [-0.1, -0.05) is 12.1 Å². The van der Waals surface area contributed by atoms with E-state index >= 15 is 0 Å².